The Morgan fingerprint density at radius 1 is 1.15 bits per heavy atom. The number of likely N-dealkylation sites (tertiary alicyclic amines) is 1. The van der Waals surface area contributed by atoms with Crippen molar-refractivity contribution in [1.82, 2.24) is 4.90 Å². The summed E-state index contributed by atoms with van der Waals surface area (Å²) in [7, 11) is 3.32. The highest BCUT2D eigenvalue weighted by Crippen LogP contribution is 2.38. The molecule has 0 radical (unpaired) electrons. The first kappa shape index (κ1) is 19.2. The summed E-state index contributed by atoms with van der Waals surface area (Å²) < 4.78 is 10.9. The second kappa shape index (κ2) is 8.44. The molecule has 0 saturated carbocycles. The van der Waals surface area contributed by atoms with Gasteiger partial charge in [-0.15, -0.1) is 0 Å². The molecule has 2 aromatic rings. The van der Waals surface area contributed by atoms with Crippen LogP contribution in [0.3, 0.4) is 0 Å². The second-order valence-electron chi connectivity index (χ2n) is 7.10. The van der Waals surface area contributed by atoms with Gasteiger partial charge in [-0.3, -0.25) is 9.69 Å². The summed E-state index contributed by atoms with van der Waals surface area (Å²) in [5, 5.41) is 3.05. The minimum atomic E-state index is 0.0151. The Balaban J connectivity index is 1.72. The van der Waals surface area contributed by atoms with Crippen molar-refractivity contribution in [1.29, 1.82) is 0 Å². The molecule has 1 saturated heterocycles. The fraction of sp³-hybridized carbons (Fsp3) is 0.409. The Morgan fingerprint density at radius 2 is 1.96 bits per heavy atom. The lowest BCUT2D eigenvalue weighted by Gasteiger charge is -2.26. The van der Waals surface area contributed by atoms with Gasteiger partial charge in [0.1, 0.15) is 11.5 Å². The van der Waals surface area contributed by atoms with Crippen LogP contribution in [0.2, 0.25) is 0 Å². The van der Waals surface area contributed by atoms with E-state index < -0.39 is 0 Å². The minimum Gasteiger partial charge on any atom is -0.497 e. The van der Waals surface area contributed by atoms with Crippen LogP contribution in [0.15, 0.2) is 36.4 Å². The zero-order valence-corrected chi connectivity index (χ0v) is 16.5. The number of hydrogen-bond donors (Lipinski definition) is 1. The van der Waals surface area contributed by atoms with E-state index >= 15 is 0 Å². The van der Waals surface area contributed by atoms with E-state index in [-0.39, 0.29) is 11.9 Å². The number of anilines is 1. The van der Waals surface area contributed by atoms with Crippen LogP contribution in [0.25, 0.3) is 0 Å². The highest BCUT2D eigenvalue weighted by molar-refractivity contribution is 5.93. The van der Waals surface area contributed by atoms with Gasteiger partial charge in [0, 0.05) is 23.4 Å². The summed E-state index contributed by atoms with van der Waals surface area (Å²) in [6.45, 7) is 5.34. The van der Waals surface area contributed by atoms with Crippen molar-refractivity contribution in [3.05, 3.63) is 53.1 Å². The number of amides is 1. The number of nitrogens with one attached hydrogen (secondary N) is 1. The average Bonchev–Trinajstić information content (AvgIpc) is 3.11. The van der Waals surface area contributed by atoms with Crippen LogP contribution in [-0.4, -0.2) is 38.1 Å². The zero-order valence-electron chi connectivity index (χ0n) is 16.5. The van der Waals surface area contributed by atoms with Gasteiger partial charge < -0.3 is 14.8 Å². The normalized spacial score (nSPS) is 17.0. The number of aryl methyl sites for hydroxylation is 2. The van der Waals surface area contributed by atoms with Crippen molar-refractivity contribution in [2.45, 2.75) is 32.7 Å². The van der Waals surface area contributed by atoms with Gasteiger partial charge >= 0.3 is 0 Å². The predicted molar refractivity (Wildman–Crippen MR) is 108 cm³/mol. The summed E-state index contributed by atoms with van der Waals surface area (Å²) in [6, 6.07) is 12.1. The van der Waals surface area contributed by atoms with E-state index in [1.807, 2.05) is 37.3 Å². The molecule has 1 aliphatic rings. The monoisotopic (exact) mass is 368 g/mol. The number of methoxy groups -OCH3 is 2. The molecule has 1 amide bonds. The van der Waals surface area contributed by atoms with Gasteiger partial charge in [0.15, 0.2) is 0 Å². The number of nitrogens with zero attached hydrogens (tertiary/aromatic N) is 1. The topological polar surface area (TPSA) is 50.8 Å². The standard InChI is InChI=1S/C22H28N2O3/c1-15-7-10-19(16(2)12-15)23-22(25)14-24-11-5-6-20(24)18-9-8-17(26-3)13-21(18)27-4/h7-10,12-13,20H,5-6,11,14H2,1-4H3,(H,23,25). The van der Waals surface area contributed by atoms with Gasteiger partial charge in [0.25, 0.3) is 0 Å². The number of carbonyl (C=O) groups excluding carboxylic acids is 1. The molecule has 0 spiro atoms. The highest BCUT2D eigenvalue weighted by Gasteiger charge is 2.30. The molecule has 27 heavy (non-hydrogen) atoms. The molecule has 1 aliphatic heterocycles. The van der Waals surface area contributed by atoms with Crippen LogP contribution >= 0.6 is 0 Å². The minimum absolute atomic E-state index is 0.0151. The molecule has 3 rings (SSSR count). The maximum Gasteiger partial charge on any atom is 0.238 e. The van der Waals surface area contributed by atoms with Crippen LogP contribution in [0.5, 0.6) is 11.5 Å². The molecule has 1 unspecified atom stereocenters. The molecule has 0 aromatic heterocycles. The van der Waals surface area contributed by atoms with Gasteiger partial charge in [-0.05, 0) is 50.9 Å². The molecule has 144 valence electrons. The molecular formula is C22H28N2O3. The largest absolute Gasteiger partial charge is 0.497 e. The Kier molecular flexibility index (Phi) is 6.01. The second-order valence-corrected chi connectivity index (χ2v) is 7.10. The SMILES string of the molecule is COc1ccc(C2CCCN2CC(=O)Nc2ccc(C)cc2C)c(OC)c1. The predicted octanol–water partition coefficient (Wildman–Crippen LogP) is 4.10. The van der Waals surface area contributed by atoms with Crippen molar-refractivity contribution in [2.75, 3.05) is 32.6 Å². The van der Waals surface area contributed by atoms with Crippen molar-refractivity contribution >= 4 is 11.6 Å². The lowest BCUT2D eigenvalue weighted by Crippen LogP contribution is -2.33. The van der Waals surface area contributed by atoms with Crippen LogP contribution in [-0.2, 0) is 4.79 Å². The third kappa shape index (κ3) is 4.42. The summed E-state index contributed by atoms with van der Waals surface area (Å²) >= 11 is 0. The summed E-state index contributed by atoms with van der Waals surface area (Å²) in [5.74, 6) is 1.59. The van der Waals surface area contributed by atoms with E-state index in [4.69, 9.17) is 9.47 Å². The first-order valence-electron chi connectivity index (χ1n) is 9.35. The number of hydrogen-bond acceptors (Lipinski definition) is 4. The molecule has 5 nitrogen and oxygen atoms in total. The average molecular weight is 368 g/mol. The van der Waals surface area contributed by atoms with E-state index in [9.17, 15) is 4.79 Å². The fourth-order valence-electron chi connectivity index (χ4n) is 3.79. The van der Waals surface area contributed by atoms with Crippen LogP contribution < -0.4 is 14.8 Å². The lowest BCUT2D eigenvalue weighted by atomic mass is 10.0. The number of rotatable bonds is 6. The van der Waals surface area contributed by atoms with Crippen molar-refractivity contribution in [2.24, 2.45) is 0 Å². The fourth-order valence-corrected chi connectivity index (χ4v) is 3.79. The van der Waals surface area contributed by atoms with Crippen molar-refractivity contribution < 1.29 is 14.3 Å². The zero-order chi connectivity index (χ0) is 19.4. The van der Waals surface area contributed by atoms with Gasteiger partial charge in [0.2, 0.25) is 5.91 Å². The Bertz CT molecular complexity index is 819. The third-order valence-corrected chi connectivity index (χ3v) is 5.17. The first-order valence-corrected chi connectivity index (χ1v) is 9.35. The molecular weight excluding hydrogens is 340 g/mol. The van der Waals surface area contributed by atoms with Gasteiger partial charge in [0.05, 0.1) is 20.8 Å². The summed E-state index contributed by atoms with van der Waals surface area (Å²) in [4.78, 5) is 14.9. The smallest absolute Gasteiger partial charge is 0.238 e. The van der Waals surface area contributed by atoms with Crippen molar-refractivity contribution in [3.63, 3.8) is 0 Å². The molecule has 0 aliphatic carbocycles. The highest BCUT2D eigenvalue weighted by atomic mass is 16.5. The first-order chi connectivity index (χ1) is 13.0. The Hall–Kier alpha value is -2.53. The number of benzene rings is 2. The molecule has 1 heterocycles. The maximum atomic E-state index is 12.6. The third-order valence-electron chi connectivity index (χ3n) is 5.17. The summed E-state index contributed by atoms with van der Waals surface area (Å²) in [5.41, 5.74) is 4.26. The molecule has 1 N–H and O–H groups in total. The van der Waals surface area contributed by atoms with Crippen LogP contribution in [0.1, 0.15) is 35.6 Å². The van der Waals surface area contributed by atoms with Crippen LogP contribution in [0, 0.1) is 13.8 Å². The van der Waals surface area contributed by atoms with Crippen LogP contribution in [0.4, 0.5) is 5.69 Å². The lowest BCUT2D eigenvalue weighted by molar-refractivity contribution is -0.117. The van der Waals surface area contributed by atoms with Gasteiger partial charge in [-0.2, -0.15) is 0 Å². The summed E-state index contributed by atoms with van der Waals surface area (Å²) in [6.07, 6.45) is 2.08. The Morgan fingerprint density at radius 3 is 2.67 bits per heavy atom. The van der Waals surface area contributed by atoms with E-state index in [1.165, 1.54) is 5.56 Å². The molecule has 5 heteroatoms. The molecule has 1 fully saturated rings. The maximum absolute atomic E-state index is 12.6. The van der Waals surface area contributed by atoms with Gasteiger partial charge in [-0.25, -0.2) is 0 Å². The van der Waals surface area contributed by atoms with Gasteiger partial charge in [-0.1, -0.05) is 23.8 Å². The number of carbonyl (C=O) groups is 1. The molecule has 0 bridgehead atoms. The van der Waals surface area contributed by atoms with E-state index in [0.29, 0.717) is 6.54 Å². The quantitative estimate of drug-likeness (QED) is 0.834. The van der Waals surface area contributed by atoms with Crippen molar-refractivity contribution in [3.8, 4) is 11.5 Å². The number of ether oxygens (including phenoxy) is 2. The molecule has 1 atom stereocenters. The Labute approximate surface area is 161 Å². The van der Waals surface area contributed by atoms with E-state index in [2.05, 4.69) is 23.2 Å². The van der Waals surface area contributed by atoms with E-state index in [1.54, 1.807) is 14.2 Å². The molecule has 2 aromatic carbocycles. The van der Waals surface area contributed by atoms with E-state index in [0.717, 1.165) is 47.7 Å².